The molecule has 6 aromatic carbocycles. The van der Waals surface area contributed by atoms with Crippen molar-refractivity contribution in [1.29, 1.82) is 0 Å². The van der Waals surface area contributed by atoms with E-state index < -0.39 is 9.84 Å². The highest BCUT2D eigenvalue weighted by Crippen LogP contribution is 2.48. The molecule has 0 N–H and O–H groups in total. The van der Waals surface area contributed by atoms with E-state index in [4.69, 9.17) is 0 Å². The highest BCUT2D eigenvalue weighted by molar-refractivity contribution is 7.92. The number of aryl methyl sites for hydroxylation is 4. The highest BCUT2D eigenvalue weighted by atomic mass is 32.2. The highest BCUT2D eigenvalue weighted by Gasteiger charge is 2.35. The van der Waals surface area contributed by atoms with Gasteiger partial charge in [-0.05, 0) is 155 Å². The Morgan fingerprint density at radius 1 is 0.361 bits per heavy atom. The molecular weight excluding hydrogens is 765 g/mol. The maximum Gasteiger partial charge on any atom is 0.207 e. The molecule has 4 nitrogen and oxygen atoms in total. The molecule has 1 aliphatic rings. The second kappa shape index (κ2) is 13.0. The number of aromatic nitrogens is 2. The molecule has 0 saturated heterocycles. The minimum Gasteiger partial charge on any atom is -0.309 e. The largest absolute Gasteiger partial charge is 0.309 e. The van der Waals surface area contributed by atoms with E-state index in [2.05, 4.69) is 181 Å². The van der Waals surface area contributed by atoms with Gasteiger partial charge in [-0.25, -0.2) is 8.42 Å². The summed E-state index contributed by atoms with van der Waals surface area (Å²) in [4.78, 5) is 0.726. The Labute approximate surface area is 363 Å². The van der Waals surface area contributed by atoms with Crippen LogP contribution in [-0.2, 0) is 31.5 Å². The zero-order chi connectivity index (χ0) is 44.3. The molecule has 1 aliphatic heterocycles. The monoisotopic (exact) mass is 826 g/mol. The zero-order valence-electron chi connectivity index (χ0n) is 39.2. The molecule has 0 atom stereocenters. The third-order valence-corrected chi connectivity index (χ3v) is 15.3. The van der Waals surface area contributed by atoms with Crippen LogP contribution in [0.2, 0.25) is 0 Å². The Hall–Kier alpha value is -5.13. The van der Waals surface area contributed by atoms with Crippen molar-refractivity contribution in [2.24, 2.45) is 0 Å². The van der Waals surface area contributed by atoms with Crippen LogP contribution in [0.4, 0.5) is 0 Å². The van der Waals surface area contributed by atoms with E-state index in [0.29, 0.717) is 9.79 Å². The minimum absolute atomic E-state index is 0.0232. The van der Waals surface area contributed by atoms with E-state index >= 15 is 0 Å². The molecular formula is C56H62N2O2S. The van der Waals surface area contributed by atoms with E-state index in [1.165, 1.54) is 66.1 Å². The fraction of sp³-hybridized carbons (Fsp3) is 0.357. The predicted octanol–water partition coefficient (Wildman–Crippen LogP) is 15.1. The topological polar surface area (TPSA) is 44.0 Å². The zero-order valence-corrected chi connectivity index (χ0v) is 40.0. The summed E-state index contributed by atoms with van der Waals surface area (Å²) in [6.45, 7) is 36.2. The molecule has 9 rings (SSSR count). The lowest BCUT2D eigenvalue weighted by Gasteiger charge is -2.21. The summed E-state index contributed by atoms with van der Waals surface area (Å²) in [7, 11) is -3.75. The van der Waals surface area contributed by atoms with Crippen molar-refractivity contribution in [2.45, 2.75) is 142 Å². The lowest BCUT2D eigenvalue weighted by atomic mass is 9.83. The van der Waals surface area contributed by atoms with Gasteiger partial charge in [-0.2, -0.15) is 0 Å². The van der Waals surface area contributed by atoms with Crippen LogP contribution in [0.1, 0.15) is 128 Å². The fourth-order valence-electron chi connectivity index (χ4n) is 9.92. The molecule has 0 saturated carbocycles. The first-order valence-corrected chi connectivity index (χ1v) is 23.4. The number of hydrogen-bond acceptors (Lipinski definition) is 2. The minimum atomic E-state index is -3.75. The van der Waals surface area contributed by atoms with Crippen LogP contribution < -0.4 is 0 Å². The molecule has 0 spiro atoms. The summed E-state index contributed by atoms with van der Waals surface area (Å²) in [6.07, 6.45) is 0. The van der Waals surface area contributed by atoms with Crippen LogP contribution in [0, 0.1) is 27.7 Å². The summed E-state index contributed by atoms with van der Waals surface area (Å²) in [5, 5.41) is 4.91. The molecule has 5 heteroatoms. The SMILES string of the molecule is Cc1cc(C(C)(C)C)cc2c3cc(C(C)(C)C)cc(C)c3n(-c3ccc4c(c3)-c3cc(-n5c6c(C)cc(C(C)(C)C)cc6c6cc(C(C)(C)C)cc(C)c65)ccc3S4(=O)=O)c12. The molecule has 8 aromatic rings. The van der Waals surface area contributed by atoms with Crippen LogP contribution in [0.5, 0.6) is 0 Å². The van der Waals surface area contributed by atoms with Crippen molar-refractivity contribution in [3.8, 4) is 22.5 Å². The van der Waals surface area contributed by atoms with Gasteiger partial charge in [-0.15, -0.1) is 0 Å². The third kappa shape index (κ3) is 6.23. The Morgan fingerprint density at radius 3 is 0.836 bits per heavy atom. The molecule has 314 valence electrons. The summed E-state index contributed by atoms with van der Waals surface area (Å²) >= 11 is 0. The Morgan fingerprint density at radius 2 is 0.607 bits per heavy atom. The molecule has 0 radical (unpaired) electrons. The van der Waals surface area contributed by atoms with Gasteiger partial charge < -0.3 is 9.13 Å². The number of fused-ring (bicyclic) bond motifs is 9. The van der Waals surface area contributed by atoms with Crippen LogP contribution in [-0.4, -0.2) is 17.6 Å². The molecule has 0 fully saturated rings. The third-order valence-electron chi connectivity index (χ3n) is 13.5. The maximum atomic E-state index is 14.4. The van der Waals surface area contributed by atoms with E-state index in [9.17, 15) is 8.42 Å². The Bertz CT molecular complexity index is 2950. The molecule has 0 bridgehead atoms. The second-order valence-electron chi connectivity index (χ2n) is 22.3. The van der Waals surface area contributed by atoms with E-state index in [-0.39, 0.29) is 21.7 Å². The van der Waals surface area contributed by atoms with Crippen molar-refractivity contribution in [2.75, 3.05) is 0 Å². The predicted molar refractivity (Wildman–Crippen MR) is 260 cm³/mol. The lowest BCUT2D eigenvalue weighted by molar-refractivity contribution is 0.590. The van der Waals surface area contributed by atoms with Crippen LogP contribution in [0.15, 0.2) is 94.7 Å². The van der Waals surface area contributed by atoms with Crippen molar-refractivity contribution in [1.82, 2.24) is 9.13 Å². The lowest BCUT2D eigenvalue weighted by Crippen LogP contribution is -2.11. The van der Waals surface area contributed by atoms with E-state index in [0.717, 1.165) is 44.6 Å². The number of hydrogen-bond donors (Lipinski definition) is 0. The van der Waals surface area contributed by atoms with Gasteiger partial charge in [0.1, 0.15) is 0 Å². The molecule has 0 amide bonds. The van der Waals surface area contributed by atoms with Crippen molar-refractivity contribution in [3.63, 3.8) is 0 Å². The van der Waals surface area contributed by atoms with E-state index in [1.54, 1.807) is 0 Å². The summed E-state index contributed by atoms with van der Waals surface area (Å²) in [5.41, 5.74) is 18.0. The Kier molecular flexibility index (Phi) is 8.76. The molecule has 3 heterocycles. The molecule has 0 unspecified atom stereocenters. The first-order valence-electron chi connectivity index (χ1n) is 21.9. The van der Waals surface area contributed by atoms with Crippen molar-refractivity contribution >= 4 is 53.4 Å². The molecule has 2 aromatic heterocycles. The second-order valence-corrected chi connectivity index (χ2v) is 24.2. The first-order chi connectivity index (χ1) is 28.2. The number of sulfone groups is 1. The smallest absolute Gasteiger partial charge is 0.207 e. The van der Waals surface area contributed by atoms with Gasteiger partial charge in [0.25, 0.3) is 0 Å². The van der Waals surface area contributed by atoms with Gasteiger partial charge in [0.15, 0.2) is 0 Å². The van der Waals surface area contributed by atoms with Crippen LogP contribution in [0.3, 0.4) is 0 Å². The summed E-state index contributed by atoms with van der Waals surface area (Å²) < 4.78 is 33.7. The summed E-state index contributed by atoms with van der Waals surface area (Å²) in [6, 6.07) is 30.8. The molecule has 61 heavy (non-hydrogen) atoms. The van der Waals surface area contributed by atoms with Gasteiger partial charge in [0.05, 0.1) is 31.9 Å². The van der Waals surface area contributed by atoms with Crippen LogP contribution in [0.25, 0.3) is 66.1 Å². The average Bonchev–Trinajstić information content (AvgIpc) is 3.74. The quantitative estimate of drug-likeness (QED) is 0.174. The number of benzene rings is 6. The Balaban J connectivity index is 1.33. The van der Waals surface area contributed by atoms with Gasteiger partial charge >= 0.3 is 0 Å². The van der Waals surface area contributed by atoms with Gasteiger partial charge in [-0.1, -0.05) is 107 Å². The number of rotatable bonds is 2. The standard InChI is InChI=1S/C56H62N2O2S/c1-31-21-35(53(5,6)7)25-43-44-26-36(54(8,9)10)22-32(2)50(44)57(49(31)43)39-17-19-47-41(29-39)42-30-40(18-20-48(42)61(47,59)60)58-51-33(3)23-37(55(11,12)13)27-45(51)46-28-38(56(14,15)16)24-34(4)52(46)58/h17-30H,1-16H3. The van der Waals surface area contributed by atoms with E-state index in [1.807, 2.05) is 24.3 Å². The molecule has 0 aliphatic carbocycles. The number of nitrogens with zero attached hydrogens (tertiary/aromatic N) is 2. The maximum absolute atomic E-state index is 14.4. The average molecular weight is 827 g/mol. The first kappa shape index (κ1) is 41.2. The van der Waals surface area contributed by atoms with Crippen molar-refractivity contribution in [3.05, 3.63) is 129 Å². The van der Waals surface area contributed by atoms with Gasteiger partial charge in [0.2, 0.25) is 9.84 Å². The van der Waals surface area contributed by atoms with Gasteiger partial charge in [-0.3, -0.25) is 0 Å². The van der Waals surface area contributed by atoms with Crippen molar-refractivity contribution < 1.29 is 8.42 Å². The van der Waals surface area contributed by atoms with Gasteiger partial charge in [0, 0.05) is 44.0 Å². The van der Waals surface area contributed by atoms with Crippen LogP contribution >= 0.6 is 0 Å². The fourth-order valence-corrected chi connectivity index (χ4v) is 11.6. The normalized spacial score (nSPS) is 14.5. The summed E-state index contributed by atoms with van der Waals surface area (Å²) in [5.74, 6) is 0.